The van der Waals surface area contributed by atoms with Crippen LogP contribution in [0.25, 0.3) is 17.5 Å². The van der Waals surface area contributed by atoms with Gasteiger partial charge in [0, 0.05) is 11.6 Å². The fourth-order valence-electron chi connectivity index (χ4n) is 4.90. The van der Waals surface area contributed by atoms with Gasteiger partial charge in [-0.1, -0.05) is 70.8 Å². The molecule has 1 aromatic heterocycles. The Morgan fingerprint density at radius 3 is 2.52 bits per heavy atom. The normalized spacial score (nSPS) is 19.9. The standard InChI is InChI=1S/C27H31Cl2N3O/c1-32(2)24(17-13-19-7-4-3-5-8-19)21-15-11-20(12-16-21)14-18-25-30-27(31-33-25)22-9-6-10-23(28)26(22)29/h3-10,14,18,20-21,24H,11-13,15-17H2,1-2H3/b18-14+. The Bertz CT molecular complexity index is 1060. The SMILES string of the molecule is CN(C)C(CCc1ccccc1)C1CCC(/C=C/c2nc(-c3cccc(Cl)c3Cl)no2)CC1. The van der Waals surface area contributed by atoms with Gasteiger partial charge in [0.25, 0.3) is 5.89 Å². The van der Waals surface area contributed by atoms with E-state index in [9.17, 15) is 0 Å². The summed E-state index contributed by atoms with van der Waals surface area (Å²) in [5.41, 5.74) is 2.11. The summed E-state index contributed by atoms with van der Waals surface area (Å²) in [7, 11) is 4.45. The van der Waals surface area contributed by atoms with Crippen LogP contribution in [-0.2, 0) is 6.42 Å². The molecule has 0 N–H and O–H groups in total. The number of halogens is 2. The molecule has 1 aliphatic rings. The molecule has 0 spiro atoms. The third-order valence-corrected chi connectivity index (χ3v) is 7.56. The molecule has 4 nitrogen and oxygen atoms in total. The van der Waals surface area contributed by atoms with Crippen LogP contribution in [0, 0.1) is 11.8 Å². The number of hydrogen-bond acceptors (Lipinski definition) is 4. The van der Waals surface area contributed by atoms with Gasteiger partial charge in [0.2, 0.25) is 5.82 Å². The molecule has 1 unspecified atom stereocenters. The van der Waals surface area contributed by atoms with E-state index in [1.54, 1.807) is 6.07 Å². The Morgan fingerprint density at radius 1 is 1.03 bits per heavy atom. The molecule has 33 heavy (non-hydrogen) atoms. The highest BCUT2D eigenvalue weighted by Gasteiger charge is 2.28. The molecule has 1 atom stereocenters. The van der Waals surface area contributed by atoms with Crippen molar-refractivity contribution in [3.8, 4) is 11.4 Å². The van der Waals surface area contributed by atoms with Crippen LogP contribution in [0.1, 0.15) is 43.6 Å². The molecule has 6 heteroatoms. The van der Waals surface area contributed by atoms with Gasteiger partial charge in [0.15, 0.2) is 0 Å². The predicted molar refractivity (Wildman–Crippen MR) is 136 cm³/mol. The summed E-state index contributed by atoms with van der Waals surface area (Å²) < 4.78 is 5.41. The van der Waals surface area contributed by atoms with Crippen LogP contribution < -0.4 is 0 Å². The first-order chi connectivity index (χ1) is 16.0. The zero-order valence-corrected chi connectivity index (χ0v) is 20.8. The van der Waals surface area contributed by atoms with Crippen molar-refractivity contribution in [2.75, 3.05) is 14.1 Å². The van der Waals surface area contributed by atoms with Gasteiger partial charge in [0.1, 0.15) is 0 Å². The smallest absolute Gasteiger partial charge is 0.250 e. The van der Waals surface area contributed by atoms with Crippen molar-refractivity contribution in [2.24, 2.45) is 11.8 Å². The van der Waals surface area contributed by atoms with E-state index in [0.29, 0.717) is 39.3 Å². The van der Waals surface area contributed by atoms with E-state index in [1.807, 2.05) is 18.2 Å². The Labute approximate surface area is 206 Å². The first-order valence-electron chi connectivity index (χ1n) is 11.7. The quantitative estimate of drug-likeness (QED) is 0.334. The van der Waals surface area contributed by atoms with Gasteiger partial charge in [0.05, 0.1) is 10.0 Å². The Balaban J connectivity index is 1.31. The molecule has 1 heterocycles. The van der Waals surface area contributed by atoms with Gasteiger partial charge in [-0.05, 0) is 88.2 Å². The molecule has 174 valence electrons. The van der Waals surface area contributed by atoms with Gasteiger partial charge in [-0.2, -0.15) is 4.98 Å². The van der Waals surface area contributed by atoms with Crippen molar-refractivity contribution < 1.29 is 4.52 Å². The van der Waals surface area contributed by atoms with Gasteiger partial charge in [-0.15, -0.1) is 0 Å². The van der Waals surface area contributed by atoms with E-state index in [-0.39, 0.29) is 0 Å². The third kappa shape index (κ3) is 6.26. The van der Waals surface area contributed by atoms with Crippen LogP contribution in [-0.4, -0.2) is 35.2 Å². The number of rotatable bonds is 8. The molecular formula is C27H31Cl2N3O. The summed E-state index contributed by atoms with van der Waals surface area (Å²) in [6.07, 6.45) is 11.4. The van der Waals surface area contributed by atoms with E-state index >= 15 is 0 Å². The zero-order chi connectivity index (χ0) is 23.2. The van der Waals surface area contributed by atoms with Crippen LogP contribution in [0.15, 0.2) is 59.1 Å². The van der Waals surface area contributed by atoms with E-state index in [4.69, 9.17) is 27.7 Å². The van der Waals surface area contributed by atoms with Gasteiger partial charge in [-0.3, -0.25) is 0 Å². The maximum atomic E-state index is 6.28. The number of nitrogens with zero attached hydrogens (tertiary/aromatic N) is 3. The summed E-state index contributed by atoms with van der Waals surface area (Å²) in [5.74, 6) is 2.24. The van der Waals surface area contributed by atoms with Crippen molar-refractivity contribution in [3.63, 3.8) is 0 Å². The van der Waals surface area contributed by atoms with Gasteiger partial charge < -0.3 is 9.42 Å². The molecule has 2 aromatic carbocycles. The minimum atomic E-state index is 0.441. The third-order valence-electron chi connectivity index (χ3n) is 6.74. The monoisotopic (exact) mass is 483 g/mol. The fourth-order valence-corrected chi connectivity index (χ4v) is 5.29. The average Bonchev–Trinajstić information content (AvgIpc) is 3.30. The fraction of sp³-hybridized carbons (Fsp3) is 0.407. The Hall–Kier alpha value is -2.14. The molecule has 3 aromatic rings. The van der Waals surface area contributed by atoms with Gasteiger partial charge in [-0.25, -0.2) is 0 Å². The highest BCUT2D eigenvalue weighted by molar-refractivity contribution is 6.43. The second-order valence-electron chi connectivity index (χ2n) is 9.15. The lowest BCUT2D eigenvalue weighted by Crippen LogP contribution is -2.37. The first kappa shape index (κ1) is 24.0. The summed E-state index contributed by atoms with van der Waals surface area (Å²) in [6, 6.07) is 16.9. The molecular weight excluding hydrogens is 453 g/mol. The average molecular weight is 484 g/mol. The first-order valence-corrected chi connectivity index (χ1v) is 12.4. The van der Waals surface area contributed by atoms with Crippen molar-refractivity contribution in [1.82, 2.24) is 15.0 Å². The molecule has 4 rings (SSSR count). The second-order valence-corrected chi connectivity index (χ2v) is 9.93. The molecule has 0 radical (unpaired) electrons. The molecule has 1 aliphatic carbocycles. The Morgan fingerprint density at radius 2 is 1.79 bits per heavy atom. The van der Waals surface area contributed by atoms with E-state index in [2.05, 4.69) is 65.5 Å². The van der Waals surface area contributed by atoms with Crippen LogP contribution in [0.2, 0.25) is 10.0 Å². The van der Waals surface area contributed by atoms with Crippen molar-refractivity contribution in [1.29, 1.82) is 0 Å². The minimum absolute atomic E-state index is 0.441. The Kier molecular flexibility index (Phi) is 8.24. The lowest BCUT2D eigenvalue weighted by atomic mass is 9.76. The summed E-state index contributed by atoms with van der Waals surface area (Å²) in [4.78, 5) is 6.89. The number of aromatic nitrogens is 2. The number of benzene rings is 2. The highest BCUT2D eigenvalue weighted by atomic mass is 35.5. The predicted octanol–water partition coefficient (Wildman–Crippen LogP) is 7.43. The van der Waals surface area contributed by atoms with Crippen LogP contribution in [0.3, 0.4) is 0 Å². The second kappa shape index (κ2) is 11.3. The highest BCUT2D eigenvalue weighted by Crippen LogP contribution is 2.35. The molecule has 0 amide bonds. The van der Waals surface area contributed by atoms with Crippen molar-refractivity contribution >= 4 is 29.3 Å². The van der Waals surface area contributed by atoms with Gasteiger partial charge >= 0.3 is 0 Å². The van der Waals surface area contributed by atoms with E-state index in [0.717, 1.165) is 12.3 Å². The molecule has 0 saturated heterocycles. The van der Waals surface area contributed by atoms with E-state index < -0.39 is 0 Å². The number of allylic oxidation sites excluding steroid dienone is 1. The topological polar surface area (TPSA) is 42.2 Å². The van der Waals surface area contributed by atoms with Crippen LogP contribution >= 0.6 is 23.2 Å². The zero-order valence-electron chi connectivity index (χ0n) is 19.3. The maximum absolute atomic E-state index is 6.28. The molecule has 0 bridgehead atoms. The van der Waals surface area contributed by atoms with Crippen molar-refractivity contribution in [3.05, 3.63) is 76.1 Å². The van der Waals surface area contributed by atoms with E-state index in [1.165, 1.54) is 37.7 Å². The number of aryl methyl sites for hydroxylation is 1. The lowest BCUT2D eigenvalue weighted by Gasteiger charge is -2.37. The lowest BCUT2D eigenvalue weighted by molar-refractivity contribution is 0.150. The number of hydrogen-bond donors (Lipinski definition) is 0. The summed E-state index contributed by atoms with van der Waals surface area (Å²) in [5, 5.41) is 4.99. The van der Waals surface area contributed by atoms with Crippen molar-refractivity contribution in [2.45, 2.75) is 44.6 Å². The summed E-state index contributed by atoms with van der Waals surface area (Å²) >= 11 is 12.4. The minimum Gasteiger partial charge on any atom is -0.334 e. The summed E-state index contributed by atoms with van der Waals surface area (Å²) in [6.45, 7) is 0. The van der Waals surface area contributed by atoms with Crippen LogP contribution in [0.5, 0.6) is 0 Å². The molecule has 1 fully saturated rings. The molecule has 1 saturated carbocycles. The largest absolute Gasteiger partial charge is 0.334 e. The molecule has 0 aliphatic heterocycles. The van der Waals surface area contributed by atoms with Crippen LogP contribution in [0.4, 0.5) is 0 Å². The maximum Gasteiger partial charge on any atom is 0.250 e.